The van der Waals surface area contributed by atoms with Crippen molar-refractivity contribution in [2.24, 2.45) is 0 Å². The summed E-state index contributed by atoms with van der Waals surface area (Å²) in [6.45, 7) is 2.33. The number of anilines is 1. The first-order valence-electron chi connectivity index (χ1n) is 11.9. The predicted octanol–water partition coefficient (Wildman–Crippen LogP) is 4.94. The van der Waals surface area contributed by atoms with Gasteiger partial charge < -0.3 is 24.8 Å². The van der Waals surface area contributed by atoms with Gasteiger partial charge in [-0.2, -0.15) is 4.98 Å². The van der Waals surface area contributed by atoms with E-state index in [0.717, 1.165) is 5.56 Å². The van der Waals surface area contributed by atoms with Crippen LogP contribution in [-0.4, -0.2) is 47.7 Å². The van der Waals surface area contributed by atoms with Gasteiger partial charge in [-0.3, -0.25) is 4.79 Å². The summed E-state index contributed by atoms with van der Waals surface area (Å²) < 4.78 is 10.7. The number of rotatable bonds is 9. The number of aromatic nitrogens is 2. The molecule has 1 heterocycles. The summed E-state index contributed by atoms with van der Waals surface area (Å²) in [5.74, 6) is 1.25. The van der Waals surface area contributed by atoms with Crippen LogP contribution in [0.5, 0.6) is 5.75 Å². The molecule has 190 valence electrons. The second kappa shape index (κ2) is 11.9. The number of ether oxygens (including phenoxy) is 1. The van der Waals surface area contributed by atoms with Crippen LogP contribution in [0.25, 0.3) is 11.5 Å². The van der Waals surface area contributed by atoms with Crippen LogP contribution < -0.4 is 15.4 Å². The summed E-state index contributed by atoms with van der Waals surface area (Å²) in [5.41, 5.74) is 2.87. The van der Waals surface area contributed by atoms with Crippen molar-refractivity contribution in [2.45, 2.75) is 19.4 Å². The zero-order chi connectivity index (χ0) is 26.2. The van der Waals surface area contributed by atoms with Crippen molar-refractivity contribution < 1.29 is 18.8 Å². The lowest BCUT2D eigenvalue weighted by Gasteiger charge is -2.18. The highest BCUT2D eigenvalue weighted by Gasteiger charge is 2.15. The van der Waals surface area contributed by atoms with Gasteiger partial charge in [0, 0.05) is 31.1 Å². The van der Waals surface area contributed by atoms with Crippen molar-refractivity contribution in [2.75, 3.05) is 26.0 Å². The Morgan fingerprint density at radius 2 is 1.70 bits per heavy atom. The van der Waals surface area contributed by atoms with Gasteiger partial charge in [-0.05, 0) is 48.9 Å². The van der Waals surface area contributed by atoms with Gasteiger partial charge in [0.2, 0.25) is 0 Å². The van der Waals surface area contributed by atoms with Crippen molar-refractivity contribution in [1.29, 1.82) is 0 Å². The van der Waals surface area contributed by atoms with Gasteiger partial charge in [0.1, 0.15) is 5.75 Å². The Kier molecular flexibility index (Phi) is 8.15. The molecule has 1 aromatic heterocycles. The number of carbonyl (C=O) groups is 2. The maximum Gasteiger partial charge on any atom is 0.321 e. The standard InChI is InChI=1S/C28H29N5O4/c1-19(20-9-5-4-6-10-20)29-26(34)21-13-15-22(16-14-21)27-31-25(32-37-27)17-18-33(2)28(35)30-23-11-7-8-12-24(23)36-3/h4-16,19H,17-18H2,1-3H3,(H,29,34)(H,30,35)/t19-/m0/s1. The molecule has 2 N–H and O–H groups in total. The van der Waals surface area contributed by atoms with E-state index in [9.17, 15) is 9.59 Å². The van der Waals surface area contributed by atoms with Gasteiger partial charge in [0.05, 0.1) is 18.8 Å². The number of benzene rings is 3. The van der Waals surface area contributed by atoms with Crippen LogP contribution in [0.4, 0.5) is 10.5 Å². The highest BCUT2D eigenvalue weighted by molar-refractivity contribution is 5.94. The van der Waals surface area contributed by atoms with Gasteiger partial charge in [-0.1, -0.05) is 47.6 Å². The normalized spacial score (nSPS) is 11.4. The van der Waals surface area contributed by atoms with Crippen LogP contribution >= 0.6 is 0 Å². The first kappa shape index (κ1) is 25.4. The third kappa shape index (κ3) is 6.52. The highest BCUT2D eigenvalue weighted by Crippen LogP contribution is 2.23. The maximum absolute atomic E-state index is 12.6. The highest BCUT2D eigenvalue weighted by atomic mass is 16.5. The van der Waals surface area contributed by atoms with E-state index in [1.807, 2.05) is 49.4 Å². The summed E-state index contributed by atoms with van der Waals surface area (Å²) in [6.07, 6.45) is 0.414. The number of para-hydroxylation sites is 2. The minimum Gasteiger partial charge on any atom is -0.495 e. The van der Waals surface area contributed by atoms with E-state index in [4.69, 9.17) is 9.26 Å². The molecule has 0 unspecified atom stereocenters. The second-order valence-electron chi connectivity index (χ2n) is 8.50. The number of methoxy groups -OCH3 is 1. The molecule has 0 aliphatic rings. The summed E-state index contributed by atoms with van der Waals surface area (Å²) in [6, 6.07) is 23.6. The minimum atomic E-state index is -0.274. The van der Waals surface area contributed by atoms with Crippen molar-refractivity contribution in [3.8, 4) is 17.2 Å². The zero-order valence-corrected chi connectivity index (χ0v) is 21.0. The molecule has 0 aliphatic carbocycles. The fraction of sp³-hybridized carbons (Fsp3) is 0.214. The van der Waals surface area contributed by atoms with Gasteiger partial charge in [0.15, 0.2) is 5.82 Å². The number of urea groups is 1. The van der Waals surface area contributed by atoms with Crippen molar-refractivity contribution >= 4 is 17.6 Å². The Balaban J connectivity index is 1.30. The number of hydrogen-bond donors (Lipinski definition) is 2. The van der Waals surface area contributed by atoms with Crippen LogP contribution in [0, 0.1) is 0 Å². The second-order valence-corrected chi connectivity index (χ2v) is 8.50. The fourth-order valence-corrected chi connectivity index (χ4v) is 3.67. The van der Waals surface area contributed by atoms with E-state index in [0.29, 0.717) is 47.2 Å². The molecule has 3 amide bonds. The van der Waals surface area contributed by atoms with Gasteiger partial charge >= 0.3 is 6.03 Å². The van der Waals surface area contributed by atoms with E-state index in [1.54, 1.807) is 50.6 Å². The van der Waals surface area contributed by atoms with Gasteiger partial charge in [-0.15, -0.1) is 0 Å². The fourth-order valence-electron chi connectivity index (χ4n) is 3.67. The Morgan fingerprint density at radius 3 is 2.43 bits per heavy atom. The Hall–Kier alpha value is -4.66. The molecule has 0 radical (unpaired) electrons. The molecule has 0 saturated heterocycles. The largest absolute Gasteiger partial charge is 0.495 e. The number of hydrogen-bond acceptors (Lipinski definition) is 6. The molecule has 4 rings (SSSR count). The van der Waals surface area contributed by atoms with E-state index in [1.165, 1.54) is 4.90 Å². The van der Waals surface area contributed by atoms with Crippen LogP contribution in [0.1, 0.15) is 34.7 Å². The lowest BCUT2D eigenvalue weighted by atomic mass is 10.1. The molecule has 3 aromatic carbocycles. The topological polar surface area (TPSA) is 110 Å². The van der Waals surface area contributed by atoms with Crippen LogP contribution in [0.15, 0.2) is 83.4 Å². The van der Waals surface area contributed by atoms with E-state index in [2.05, 4.69) is 20.8 Å². The molecule has 0 spiro atoms. The predicted molar refractivity (Wildman–Crippen MR) is 140 cm³/mol. The van der Waals surface area contributed by atoms with Gasteiger partial charge in [0.25, 0.3) is 11.8 Å². The van der Waals surface area contributed by atoms with E-state index < -0.39 is 0 Å². The molecule has 9 heteroatoms. The molecule has 9 nitrogen and oxygen atoms in total. The number of nitrogens with one attached hydrogen (secondary N) is 2. The Morgan fingerprint density at radius 1 is 1.00 bits per heavy atom. The van der Waals surface area contributed by atoms with Crippen molar-refractivity contribution in [3.05, 3.63) is 95.8 Å². The number of carbonyl (C=O) groups excluding carboxylic acids is 2. The minimum absolute atomic E-state index is 0.109. The molecular formula is C28H29N5O4. The molecule has 0 fully saturated rings. The van der Waals surface area contributed by atoms with Crippen LogP contribution in [-0.2, 0) is 6.42 Å². The average molecular weight is 500 g/mol. The number of nitrogens with zero attached hydrogens (tertiary/aromatic N) is 3. The first-order valence-corrected chi connectivity index (χ1v) is 11.9. The zero-order valence-electron chi connectivity index (χ0n) is 21.0. The Bertz CT molecular complexity index is 1340. The summed E-state index contributed by atoms with van der Waals surface area (Å²) in [5, 5.41) is 9.85. The lowest BCUT2D eigenvalue weighted by Crippen LogP contribution is -2.33. The van der Waals surface area contributed by atoms with E-state index >= 15 is 0 Å². The van der Waals surface area contributed by atoms with Crippen LogP contribution in [0.3, 0.4) is 0 Å². The van der Waals surface area contributed by atoms with Gasteiger partial charge in [-0.25, -0.2) is 4.79 Å². The maximum atomic E-state index is 12.6. The monoisotopic (exact) mass is 499 g/mol. The quantitative estimate of drug-likeness (QED) is 0.338. The molecule has 0 bridgehead atoms. The first-order chi connectivity index (χ1) is 17.9. The number of likely N-dealkylation sites (N-methyl/N-ethyl adjacent to an activating group) is 1. The molecular weight excluding hydrogens is 470 g/mol. The lowest BCUT2D eigenvalue weighted by molar-refractivity contribution is 0.0940. The van der Waals surface area contributed by atoms with E-state index in [-0.39, 0.29) is 18.0 Å². The third-order valence-corrected chi connectivity index (χ3v) is 5.88. The summed E-state index contributed by atoms with van der Waals surface area (Å²) in [4.78, 5) is 31.1. The SMILES string of the molecule is COc1ccccc1NC(=O)N(C)CCc1noc(-c2ccc(C(=O)N[C@@H](C)c3ccccc3)cc2)n1. The Labute approximate surface area is 215 Å². The number of amides is 3. The molecule has 37 heavy (non-hydrogen) atoms. The smallest absolute Gasteiger partial charge is 0.321 e. The van der Waals surface area contributed by atoms with Crippen LogP contribution in [0.2, 0.25) is 0 Å². The molecule has 0 saturated carbocycles. The molecule has 0 aliphatic heterocycles. The van der Waals surface area contributed by atoms with Crippen molar-refractivity contribution in [1.82, 2.24) is 20.4 Å². The average Bonchev–Trinajstić information content (AvgIpc) is 3.41. The summed E-state index contributed by atoms with van der Waals surface area (Å²) in [7, 11) is 3.24. The third-order valence-electron chi connectivity index (χ3n) is 5.88. The summed E-state index contributed by atoms with van der Waals surface area (Å²) >= 11 is 0. The molecule has 1 atom stereocenters. The molecule has 4 aromatic rings. The van der Waals surface area contributed by atoms with Crippen molar-refractivity contribution in [3.63, 3.8) is 0 Å².